The van der Waals surface area contributed by atoms with Crippen LogP contribution in [0.5, 0.6) is 0 Å². The number of imidazole rings is 1. The van der Waals surface area contributed by atoms with Crippen LogP contribution in [0.2, 0.25) is 0 Å². The first kappa shape index (κ1) is 14.8. The Kier molecular flexibility index (Phi) is 4.86. The van der Waals surface area contributed by atoms with E-state index in [9.17, 15) is 8.42 Å². The predicted octanol–water partition coefficient (Wildman–Crippen LogP) is 2.14. The van der Waals surface area contributed by atoms with Crippen LogP contribution in [0.4, 0.5) is 0 Å². The summed E-state index contributed by atoms with van der Waals surface area (Å²) in [5, 5.41) is 0.200. The van der Waals surface area contributed by atoms with Gasteiger partial charge in [0.1, 0.15) is 5.82 Å². The van der Waals surface area contributed by atoms with E-state index in [0.29, 0.717) is 31.1 Å². The second-order valence-electron chi connectivity index (χ2n) is 4.79. The summed E-state index contributed by atoms with van der Waals surface area (Å²) in [5.41, 5.74) is 0. The van der Waals surface area contributed by atoms with Gasteiger partial charge in [-0.15, -0.1) is 11.6 Å². The SMILES string of the molecule is CCc1ncc(S(=O)(=O)N2CCCCC2CCCl)[nH]1. The minimum Gasteiger partial charge on any atom is -0.332 e. The standard InChI is InChI=1S/C12H20ClN3O2S/c1-2-11-14-9-12(15-11)19(17,18)16-8-4-3-5-10(16)6-7-13/h9-10H,2-8H2,1H3,(H,14,15). The Bertz CT molecular complexity index is 513. The lowest BCUT2D eigenvalue weighted by atomic mass is 10.0. The molecular formula is C12H20ClN3O2S. The average molecular weight is 306 g/mol. The van der Waals surface area contributed by atoms with Gasteiger partial charge in [-0.3, -0.25) is 0 Å². The number of aromatic amines is 1. The van der Waals surface area contributed by atoms with Gasteiger partial charge in [0.25, 0.3) is 10.0 Å². The average Bonchev–Trinajstić information content (AvgIpc) is 2.89. The molecule has 1 unspecified atom stereocenters. The van der Waals surface area contributed by atoms with E-state index in [-0.39, 0.29) is 11.1 Å². The van der Waals surface area contributed by atoms with Gasteiger partial charge in [-0.2, -0.15) is 4.31 Å². The Hall–Kier alpha value is -0.590. The Morgan fingerprint density at radius 2 is 2.32 bits per heavy atom. The van der Waals surface area contributed by atoms with Crippen molar-refractivity contribution in [2.75, 3.05) is 12.4 Å². The summed E-state index contributed by atoms with van der Waals surface area (Å²) in [6, 6.07) is 0.0182. The fourth-order valence-corrected chi connectivity index (χ4v) is 4.40. The van der Waals surface area contributed by atoms with E-state index in [0.717, 1.165) is 19.3 Å². The molecule has 1 fully saturated rings. The van der Waals surface area contributed by atoms with Gasteiger partial charge in [0.05, 0.1) is 6.20 Å². The summed E-state index contributed by atoms with van der Waals surface area (Å²) in [6.07, 6.45) is 5.68. The Labute approximate surface area is 119 Å². The second kappa shape index (κ2) is 6.24. The summed E-state index contributed by atoms with van der Waals surface area (Å²) in [4.78, 5) is 6.97. The molecule has 0 aromatic carbocycles. The third-order valence-electron chi connectivity index (χ3n) is 3.54. The zero-order valence-electron chi connectivity index (χ0n) is 11.1. The van der Waals surface area contributed by atoms with Crippen LogP contribution in [0.25, 0.3) is 0 Å². The van der Waals surface area contributed by atoms with Crippen LogP contribution in [0.1, 0.15) is 38.4 Å². The fraction of sp³-hybridized carbons (Fsp3) is 0.750. The molecule has 0 aliphatic carbocycles. The van der Waals surface area contributed by atoms with Crippen LogP contribution in [-0.2, 0) is 16.4 Å². The number of hydrogen-bond donors (Lipinski definition) is 1. The van der Waals surface area contributed by atoms with E-state index in [1.165, 1.54) is 6.20 Å². The molecule has 1 aliphatic heterocycles. The Balaban J connectivity index is 2.25. The number of sulfonamides is 1. The van der Waals surface area contributed by atoms with Gasteiger partial charge < -0.3 is 4.98 Å². The first-order valence-corrected chi connectivity index (χ1v) is 8.68. The van der Waals surface area contributed by atoms with E-state index < -0.39 is 10.0 Å². The van der Waals surface area contributed by atoms with Gasteiger partial charge in [-0.05, 0) is 19.3 Å². The minimum atomic E-state index is -3.47. The molecule has 19 heavy (non-hydrogen) atoms. The normalized spacial score (nSPS) is 21.7. The smallest absolute Gasteiger partial charge is 0.260 e. The molecule has 5 nitrogen and oxygen atoms in total. The van der Waals surface area contributed by atoms with Crippen LogP contribution < -0.4 is 0 Å². The van der Waals surface area contributed by atoms with Gasteiger partial charge in [-0.1, -0.05) is 13.3 Å². The first-order valence-electron chi connectivity index (χ1n) is 6.71. The fourth-order valence-electron chi connectivity index (χ4n) is 2.49. The molecule has 0 saturated carbocycles. The van der Waals surface area contributed by atoms with Crippen LogP contribution in [0, 0.1) is 0 Å². The highest BCUT2D eigenvalue weighted by Crippen LogP contribution is 2.26. The van der Waals surface area contributed by atoms with Crippen molar-refractivity contribution in [3.63, 3.8) is 0 Å². The van der Waals surface area contributed by atoms with E-state index in [1.807, 2.05) is 6.92 Å². The molecule has 1 aromatic heterocycles. The molecule has 1 aliphatic rings. The van der Waals surface area contributed by atoms with Crippen molar-refractivity contribution < 1.29 is 8.42 Å². The third kappa shape index (κ3) is 3.12. The van der Waals surface area contributed by atoms with Gasteiger partial charge in [0, 0.05) is 24.9 Å². The van der Waals surface area contributed by atoms with Crippen molar-refractivity contribution in [3.8, 4) is 0 Å². The van der Waals surface area contributed by atoms with Gasteiger partial charge in [-0.25, -0.2) is 13.4 Å². The van der Waals surface area contributed by atoms with Crippen LogP contribution >= 0.6 is 11.6 Å². The molecule has 0 amide bonds. The zero-order chi connectivity index (χ0) is 13.9. The largest absolute Gasteiger partial charge is 0.332 e. The number of aryl methyl sites for hydroxylation is 1. The van der Waals surface area contributed by atoms with E-state index in [4.69, 9.17) is 11.6 Å². The highest BCUT2D eigenvalue weighted by Gasteiger charge is 2.34. The lowest BCUT2D eigenvalue weighted by Gasteiger charge is -2.33. The summed E-state index contributed by atoms with van der Waals surface area (Å²) in [6.45, 7) is 2.51. The van der Waals surface area contributed by atoms with E-state index in [2.05, 4.69) is 9.97 Å². The first-order chi connectivity index (χ1) is 9.09. The Morgan fingerprint density at radius 1 is 1.53 bits per heavy atom. The van der Waals surface area contributed by atoms with Crippen molar-refractivity contribution in [2.45, 2.75) is 50.1 Å². The number of alkyl halides is 1. The maximum absolute atomic E-state index is 12.6. The number of halogens is 1. The number of aromatic nitrogens is 2. The Morgan fingerprint density at radius 3 is 2.95 bits per heavy atom. The number of nitrogens with zero attached hydrogens (tertiary/aromatic N) is 2. The number of nitrogens with one attached hydrogen (secondary N) is 1. The number of rotatable bonds is 5. The van der Waals surface area contributed by atoms with E-state index in [1.54, 1.807) is 4.31 Å². The minimum absolute atomic E-state index is 0.0182. The summed E-state index contributed by atoms with van der Waals surface area (Å²) in [5.74, 6) is 1.18. The van der Waals surface area contributed by atoms with Crippen molar-refractivity contribution in [1.29, 1.82) is 0 Å². The maximum atomic E-state index is 12.6. The monoisotopic (exact) mass is 305 g/mol. The number of piperidine rings is 1. The lowest BCUT2D eigenvalue weighted by molar-refractivity contribution is 0.247. The molecule has 1 atom stereocenters. The molecule has 0 radical (unpaired) electrons. The predicted molar refractivity (Wildman–Crippen MR) is 74.8 cm³/mol. The molecule has 0 spiro atoms. The third-order valence-corrected chi connectivity index (χ3v) is 5.62. The molecular weight excluding hydrogens is 286 g/mol. The van der Waals surface area contributed by atoms with Crippen molar-refractivity contribution in [1.82, 2.24) is 14.3 Å². The summed E-state index contributed by atoms with van der Waals surface area (Å²) < 4.78 is 26.8. The summed E-state index contributed by atoms with van der Waals surface area (Å²) in [7, 11) is -3.47. The lowest BCUT2D eigenvalue weighted by Crippen LogP contribution is -2.43. The maximum Gasteiger partial charge on any atom is 0.260 e. The quantitative estimate of drug-likeness (QED) is 0.848. The zero-order valence-corrected chi connectivity index (χ0v) is 12.7. The number of H-pyrrole nitrogens is 1. The molecule has 2 rings (SSSR count). The van der Waals surface area contributed by atoms with Crippen LogP contribution in [0.3, 0.4) is 0 Å². The molecule has 1 aromatic rings. The number of hydrogen-bond acceptors (Lipinski definition) is 3. The topological polar surface area (TPSA) is 66.1 Å². The van der Waals surface area contributed by atoms with Gasteiger partial charge in [0.2, 0.25) is 0 Å². The molecule has 7 heteroatoms. The van der Waals surface area contributed by atoms with E-state index >= 15 is 0 Å². The van der Waals surface area contributed by atoms with Crippen LogP contribution in [0.15, 0.2) is 11.2 Å². The van der Waals surface area contributed by atoms with Crippen molar-refractivity contribution in [3.05, 3.63) is 12.0 Å². The molecule has 108 valence electrons. The molecule has 2 heterocycles. The molecule has 1 saturated heterocycles. The highest BCUT2D eigenvalue weighted by molar-refractivity contribution is 7.89. The van der Waals surface area contributed by atoms with Crippen LogP contribution in [-0.4, -0.2) is 41.2 Å². The van der Waals surface area contributed by atoms with Crippen molar-refractivity contribution in [2.24, 2.45) is 0 Å². The van der Waals surface area contributed by atoms with Gasteiger partial charge >= 0.3 is 0 Å². The highest BCUT2D eigenvalue weighted by atomic mass is 35.5. The van der Waals surface area contributed by atoms with Crippen molar-refractivity contribution >= 4 is 21.6 Å². The second-order valence-corrected chi connectivity index (χ2v) is 7.03. The van der Waals surface area contributed by atoms with Gasteiger partial charge in [0.15, 0.2) is 5.03 Å². The summed E-state index contributed by atoms with van der Waals surface area (Å²) >= 11 is 5.78. The molecule has 0 bridgehead atoms. The molecule has 1 N–H and O–H groups in total.